The standard InChI is InChI=1S/C9H11BrFNO/c1-6-3-7(5-12-13-2)4-8(10)9(6)11/h3-4,12H,5H2,1-2H3. The Morgan fingerprint density at radius 3 is 2.77 bits per heavy atom. The number of hydrogen-bond donors (Lipinski definition) is 1. The van der Waals surface area contributed by atoms with E-state index in [9.17, 15) is 4.39 Å². The first kappa shape index (κ1) is 10.6. The summed E-state index contributed by atoms with van der Waals surface area (Å²) in [6, 6.07) is 3.51. The molecule has 0 amide bonds. The van der Waals surface area contributed by atoms with E-state index in [1.807, 2.05) is 0 Å². The van der Waals surface area contributed by atoms with Gasteiger partial charge in [0.15, 0.2) is 0 Å². The third kappa shape index (κ3) is 2.76. The Morgan fingerprint density at radius 2 is 2.23 bits per heavy atom. The Morgan fingerprint density at radius 1 is 1.54 bits per heavy atom. The van der Waals surface area contributed by atoms with Gasteiger partial charge in [-0.2, -0.15) is 5.48 Å². The second-order valence-corrected chi connectivity index (χ2v) is 3.59. The smallest absolute Gasteiger partial charge is 0.140 e. The van der Waals surface area contributed by atoms with Gasteiger partial charge in [0.05, 0.1) is 11.6 Å². The van der Waals surface area contributed by atoms with E-state index in [-0.39, 0.29) is 5.82 Å². The molecule has 0 heterocycles. The molecule has 0 bridgehead atoms. The summed E-state index contributed by atoms with van der Waals surface area (Å²) in [4.78, 5) is 4.70. The van der Waals surface area contributed by atoms with Gasteiger partial charge in [-0.1, -0.05) is 6.07 Å². The van der Waals surface area contributed by atoms with Crippen molar-refractivity contribution in [2.24, 2.45) is 0 Å². The fraction of sp³-hybridized carbons (Fsp3) is 0.333. The van der Waals surface area contributed by atoms with Crippen LogP contribution in [0.4, 0.5) is 4.39 Å². The van der Waals surface area contributed by atoms with Crippen LogP contribution >= 0.6 is 15.9 Å². The zero-order valence-electron chi connectivity index (χ0n) is 7.53. The molecule has 1 N–H and O–H groups in total. The van der Waals surface area contributed by atoms with Crippen LogP contribution in [0.3, 0.4) is 0 Å². The van der Waals surface area contributed by atoms with Crippen molar-refractivity contribution < 1.29 is 9.23 Å². The first-order chi connectivity index (χ1) is 6.15. The number of halogens is 2. The van der Waals surface area contributed by atoms with Crippen LogP contribution < -0.4 is 5.48 Å². The van der Waals surface area contributed by atoms with E-state index in [1.54, 1.807) is 26.2 Å². The molecule has 1 aromatic rings. The SMILES string of the molecule is CONCc1cc(C)c(F)c(Br)c1. The van der Waals surface area contributed by atoms with Crippen molar-refractivity contribution in [1.29, 1.82) is 0 Å². The van der Waals surface area contributed by atoms with Gasteiger partial charge in [0.25, 0.3) is 0 Å². The Hall–Kier alpha value is -0.450. The Balaban J connectivity index is 2.86. The first-order valence-corrected chi connectivity index (χ1v) is 4.65. The number of benzene rings is 1. The molecule has 1 rings (SSSR count). The van der Waals surface area contributed by atoms with E-state index in [4.69, 9.17) is 4.84 Å². The molecule has 0 spiro atoms. The first-order valence-electron chi connectivity index (χ1n) is 3.85. The molecule has 0 radical (unpaired) electrons. The van der Waals surface area contributed by atoms with E-state index < -0.39 is 0 Å². The molecule has 72 valence electrons. The van der Waals surface area contributed by atoms with Crippen LogP contribution in [0.15, 0.2) is 16.6 Å². The zero-order valence-corrected chi connectivity index (χ0v) is 9.11. The highest BCUT2D eigenvalue weighted by atomic mass is 79.9. The lowest BCUT2D eigenvalue weighted by atomic mass is 10.1. The summed E-state index contributed by atoms with van der Waals surface area (Å²) < 4.78 is 13.6. The van der Waals surface area contributed by atoms with Crippen molar-refractivity contribution in [2.75, 3.05) is 7.11 Å². The second kappa shape index (κ2) is 4.69. The molecule has 0 aliphatic heterocycles. The van der Waals surface area contributed by atoms with E-state index in [0.717, 1.165) is 5.56 Å². The van der Waals surface area contributed by atoms with Crippen LogP contribution in [0.25, 0.3) is 0 Å². The third-order valence-electron chi connectivity index (χ3n) is 1.69. The van der Waals surface area contributed by atoms with Crippen molar-refractivity contribution in [3.63, 3.8) is 0 Å². The van der Waals surface area contributed by atoms with Crippen molar-refractivity contribution in [2.45, 2.75) is 13.5 Å². The van der Waals surface area contributed by atoms with Gasteiger partial charge in [0.2, 0.25) is 0 Å². The number of nitrogens with one attached hydrogen (secondary N) is 1. The summed E-state index contributed by atoms with van der Waals surface area (Å²) in [7, 11) is 1.55. The van der Waals surface area contributed by atoms with Crippen LogP contribution in [-0.2, 0) is 11.4 Å². The summed E-state index contributed by atoms with van der Waals surface area (Å²) in [5, 5.41) is 0. The van der Waals surface area contributed by atoms with Crippen LogP contribution in [0.2, 0.25) is 0 Å². The molecule has 2 nitrogen and oxygen atoms in total. The lowest BCUT2D eigenvalue weighted by molar-refractivity contribution is 0.0867. The minimum Gasteiger partial charge on any atom is -0.305 e. The molecule has 0 fully saturated rings. The molecule has 0 saturated carbocycles. The normalized spacial score (nSPS) is 10.5. The number of aryl methyl sites for hydroxylation is 1. The molecule has 4 heteroatoms. The third-order valence-corrected chi connectivity index (χ3v) is 2.27. The topological polar surface area (TPSA) is 21.3 Å². The molecule has 13 heavy (non-hydrogen) atoms. The highest BCUT2D eigenvalue weighted by molar-refractivity contribution is 9.10. The summed E-state index contributed by atoms with van der Waals surface area (Å²) in [6.07, 6.45) is 0. The fourth-order valence-corrected chi connectivity index (χ4v) is 1.66. The highest BCUT2D eigenvalue weighted by Crippen LogP contribution is 2.20. The lowest BCUT2D eigenvalue weighted by Crippen LogP contribution is -2.11. The second-order valence-electron chi connectivity index (χ2n) is 2.73. The minimum atomic E-state index is -0.207. The lowest BCUT2D eigenvalue weighted by Gasteiger charge is -2.05. The maximum Gasteiger partial charge on any atom is 0.140 e. The van der Waals surface area contributed by atoms with Gasteiger partial charge in [-0.3, -0.25) is 0 Å². The largest absolute Gasteiger partial charge is 0.305 e. The monoisotopic (exact) mass is 247 g/mol. The van der Waals surface area contributed by atoms with Crippen LogP contribution in [-0.4, -0.2) is 7.11 Å². The molecule has 0 aliphatic rings. The van der Waals surface area contributed by atoms with Gasteiger partial charge in [-0.25, -0.2) is 4.39 Å². The molecule has 0 unspecified atom stereocenters. The summed E-state index contributed by atoms with van der Waals surface area (Å²) in [5.41, 5.74) is 4.30. The van der Waals surface area contributed by atoms with Crippen molar-refractivity contribution in [1.82, 2.24) is 5.48 Å². The predicted octanol–water partition coefficient (Wildman–Crippen LogP) is 2.55. The van der Waals surface area contributed by atoms with Crippen LogP contribution in [0.1, 0.15) is 11.1 Å². The van der Waals surface area contributed by atoms with Crippen molar-refractivity contribution >= 4 is 15.9 Å². The molecule has 0 saturated heterocycles. The number of hydrogen-bond acceptors (Lipinski definition) is 2. The Labute approximate surface area is 85.2 Å². The van der Waals surface area contributed by atoms with Gasteiger partial charge in [-0.05, 0) is 40.0 Å². The van der Waals surface area contributed by atoms with Crippen LogP contribution in [0, 0.1) is 12.7 Å². The zero-order chi connectivity index (χ0) is 9.84. The Kier molecular flexibility index (Phi) is 3.84. The van der Waals surface area contributed by atoms with Gasteiger partial charge >= 0.3 is 0 Å². The molecule has 1 aromatic carbocycles. The number of rotatable bonds is 3. The van der Waals surface area contributed by atoms with Gasteiger partial charge in [0.1, 0.15) is 5.82 Å². The van der Waals surface area contributed by atoms with Crippen molar-refractivity contribution in [3.8, 4) is 0 Å². The fourth-order valence-electron chi connectivity index (χ4n) is 1.06. The highest BCUT2D eigenvalue weighted by Gasteiger charge is 2.04. The Bertz CT molecular complexity index is 281. The molecular weight excluding hydrogens is 237 g/mol. The molecule has 0 atom stereocenters. The van der Waals surface area contributed by atoms with Gasteiger partial charge in [0, 0.05) is 6.54 Å². The van der Waals surface area contributed by atoms with E-state index in [2.05, 4.69) is 21.4 Å². The minimum absolute atomic E-state index is 0.207. The van der Waals surface area contributed by atoms with Gasteiger partial charge < -0.3 is 4.84 Å². The molecular formula is C9H11BrFNO. The van der Waals surface area contributed by atoms with Crippen molar-refractivity contribution in [3.05, 3.63) is 33.5 Å². The molecule has 0 aromatic heterocycles. The number of hydroxylamine groups is 1. The average molecular weight is 248 g/mol. The maximum atomic E-state index is 13.1. The quantitative estimate of drug-likeness (QED) is 0.830. The van der Waals surface area contributed by atoms with E-state index in [1.165, 1.54) is 0 Å². The van der Waals surface area contributed by atoms with Crippen LogP contribution in [0.5, 0.6) is 0 Å². The summed E-state index contributed by atoms with van der Waals surface area (Å²) >= 11 is 3.15. The molecule has 0 aliphatic carbocycles. The summed E-state index contributed by atoms with van der Waals surface area (Å²) in [6.45, 7) is 2.30. The average Bonchev–Trinajstić information content (AvgIpc) is 2.10. The summed E-state index contributed by atoms with van der Waals surface area (Å²) in [5.74, 6) is -0.207. The maximum absolute atomic E-state index is 13.1. The predicted molar refractivity (Wildman–Crippen MR) is 52.7 cm³/mol. The van der Waals surface area contributed by atoms with E-state index >= 15 is 0 Å². The van der Waals surface area contributed by atoms with E-state index in [0.29, 0.717) is 16.6 Å². The van der Waals surface area contributed by atoms with Gasteiger partial charge in [-0.15, -0.1) is 0 Å².